The highest BCUT2D eigenvalue weighted by Gasteiger charge is 2.30. The third kappa shape index (κ3) is 4.96. The molecule has 1 atom stereocenters. The Morgan fingerprint density at radius 3 is 2.21 bits per heavy atom. The van der Waals surface area contributed by atoms with E-state index in [9.17, 15) is 5.11 Å². The summed E-state index contributed by atoms with van der Waals surface area (Å²) in [6, 6.07) is 9.97. The summed E-state index contributed by atoms with van der Waals surface area (Å²) in [5.41, 5.74) is 0.861. The Morgan fingerprint density at radius 1 is 1.16 bits per heavy atom. The third-order valence-corrected chi connectivity index (χ3v) is 3.56. The van der Waals surface area contributed by atoms with Gasteiger partial charge in [0, 0.05) is 18.5 Å². The van der Waals surface area contributed by atoms with Crippen molar-refractivity contribution in [3.8, 4) is 0 Å². The molecule has 0 aliphatic rings. The highest BCUT2D eigenvalue weighted by atomic mass is 16.3. The van der Waals surface area contributed by atoms with Crippen molar-refractivity contribution in [2.24, 2.45) is 11.3 Å². The van der Waals surface area contributed by atoms with Crippen LogP contribution in [0.1, 0.15) is 46.3 Å². The molecule has 0 aromatic heterocycles. The molecule has 0 saturated carbocycles. The quantitative estimate of drug-likeness (QED) is 0.810. The Balaban J connectivity index is 2.73. The van der Waals surface area contributed by atoms with E-state index in [4.69, 9.17) is 0 Å². The molecule has 0 amide bonds. The molecule has 0 bridgehead atoms. The van der Waals surface area contributed by atoms with E-state index in [-0.39, 0.29) is 5.41 Å². The van der Waals surface area contributed by atoms with Gasteiger partial charge in [-0.25, -0.2) is 0 Å². The van der Waals surface area contributed by atoms with E-state index >= 15 is 0 Å². The maximum absolute atomic E-state index is 10.6. The molecule has 1 aromatic carbocycles. The molecule has 19 heavy (non-hydrogen) atoms. The minimum Gasteiger partial charge on any atom is -0.388 e. The minimum atomic E-state index is -0.421. The van der Waals surface area contributed by atoms with E-state index < -0.39 is 6.10 Å². The SMILES string of the molecule is CCN(CC(C)C)CC(C)(C)C(O)c1ccccc1. The summed E-state index contributed by atoms with van der Waals surface area (Å²) < 4.78 is 0. The zero-order valence-corrected chi connectivity index (χ0v) is 13.1. The first-order valence-corrected chi connectivity index (χ1v) is 7.32. The number of rotatable bonds is 7. The van der Waals surface area contributed by atoms with E-state index in [1.54, 1.807) is 0 Å². The molecule has 108 valence electrons. The number of nitrogens with zero attached hydrogens (tertiary/aromatic N) is 1. The highest BCUT2D eigenvalue weighted by Crippen LogP contribution is 2.34. The van der Waals surface area contributed by atoms with Crippen molar-refractivity contribution in [1.29, 1.82) is 0 Å². The second-order valence-electron chi connectivity index (χ2n) is 6.52. The second-order valence-corrected chi connectivity index (χ2v) is 6.52. The summed E-state index contributed by atoms with van der Waals surface area (Å²) in [6.07, 6.45) is -0.421. The van der Waals surface area contributed by atoms with Gasteiger partial charge < -0.3 is 10.0 Å². The van der Waals surface area contributed by atoms with Crippen LogP contribution in [0.5, 0.6) is 0 Å². The van der Waals surface area contributed by atoms with Crippen LogP contribution in [-0.4, -0.2) is 29.6 Å². The Bertz CT molecular complexity index is 359. The van der Waals surface area contributed by atoms with Crippen LogP contribution in [0.2, 0.25) is 0 Å². The molecule has 1 rings (SSSR count). The Labute approximate surface area is 118 Å². The number of hydrogen-bond donors (Lipinski definition) is 1. The summed E-state index contributed by atoms with van der Waals surface area (Å²) in [4.78, 5) is 2.43. The average molecular weight is 263 g/mol. The predicted molar refractivity (Wildman–Crippen MR) is 82.1 cm³/mol. The lowest BCUT2D eigenvalue weighted by molar-refractivity contribution is 0.0189. The van der Waals surface area contributed by atoms with Gasteiger partial charge in [0.25, 0.3) is 0 Å². The van der Waals surface area contributed by atoms with Gasteiger partial charge in [-0.15, -0.1) is 0 Å². The molecule has 0 heterocycles. The number of hydrogen-bond acceptors (Lipinski definition) is 2. The smallest absolute Gasteiger partial charge is 0.0853 e. The molecule has 0 aliphatic carbocycles. The maximum atomic E-state index is 10.6. The van der Waals surface area contributed by atoms with E-state index in [2.05, 4.69) is 39.5 Å². The summed E-state index contributed by atoms with van der Waals surface area (Å²) in [5.74, 6) is 0.657. The van der Waals surface area contributed by atoms with Gasteiger partial charge in [-0.1, -0.05) is 65.0 Å². The van der Waals surface area contributed by atoms with Crippen LogP contribution in [0.25, 0.3) is 0 Å². The van der Waals surface area contributed by atoms with Crippen molar-refractivity contribution in [3.05, 3.63) is 35.9 Å². The molecule has 0 fully saturated rings. The van der Waals surface area contributed by atoms with Crippen LogP contribution in [0.15, 0.2) is 30.3 Å². The molecular weight excluding hydrogens is 234 g/mol. The van der Waals surface area contributed by atoms with Crippen LogP contribution < -0.4 is 0 Å². The van der Waals surface area contributed by atoms with Crippen LogP contribution in [0.4, 0.5) is 0 Å². The van der Waals surface area contributed by atoms with Crippen LogP contribution in [0.3, 0.4) is 0 Å². The molecule has 0 radical (unpaired) electrons. The lowest BCUT2D eigenvalue weighted by Crippen LogP contribution is -2.39. The molecule has 2 heteroatoms. The summed E-state index contributed by atoms with van der Waals surface area (Å²) in [6.45, 7) is 14.0. The monoisotopic (exact) mass is 263 g/mol. The van der Waals surface area contributed by atoms with Gasteiger partial charge >= 0.3 is 0 Å². The molecule has 1 unspecified atom stereocenters. The number of benzene rings is 1. The zero-order chi connectivity index (χ0) is 14.5. The summed E-state index contributed by atoms with van der Waals surface area (Å²) >= 11 is 0. The molecule has 0 spiro atoms. The van der Waals surface area contributed by atoms with Gasteiger partial charge in [0.2, 0.25) is 0 Å². The van der Waals surface area contributed by atoms with E-state index in [1.165, 1.54) is 0 Å². The Hall–Kier alpha value is -0.860. The minimum absolute atomic E-state index is 0.147. The molecule has 1 aromatic rings. The lowest BCUT2D eigenvalue weighted by Gasteiger charge is -2.36. The largest absolute Gasteiger partial charge is 0.388 e. The molecule has 2 nitrogen and oxygen atoms in total. The first-order valence-electron chi connectivity index (χ1n) is 7.32. The van der Waals surface area contributed by atoms with Gasteiger partial charge in [-0.3, -0.25) is 0 Å². The second kappa shape index (κ2) is 7.06. The first kappa shape index (κ1) is 16.2. The Kier molecular flexibility index (Phi) is 6.02. The topological polar surface area (TPSA) is 23.5 Å². The lowest BCUT2D eigenvalue weighted by atomic mass is 9.82. The van der Waals surface area contributed by atoms with Crippen molar-refractivity contribution in [2.75, 3.05) is 19.6 Å². The maximum Gasteiger partial charge on any atom is 0.0853 e. The van der Waals surface area contributed by atoms with Crippen LogP contribution in [0, 0.1) is 11.3 Å². The number of aliphatic hydroxyl groups excluding tert-OH is 1. The van der Waals surface area contributed by atoms with E-state index in [1.807, 2.05) is 30.3 Å². The van der Waals surface area contributed by atoms with Crippen molar-refractivity contribution >= 4 is 0 Å². The molecule has 0 saturated heterocycles. The predicted octanol–water partition coefficient (Wildman–Crippen LogP) is 3.72. The average Bonchev–Trinajstić information content (AvgIpc) is 2.37. The Morgan fingerprint density at radius 2 is 1.74 bits per heavy atom. The molecule has 0 aliphatic heterocycles. The van der Waals surface area contributed by atoms with Gasteiger partial charge in [0.05, 0.1) is 6.10 Å². The molecule has 1 N–H and O–H groups in total. The van der Waals surface area contributed by atoms with Crippen molar-refractivity contribution < 1.29 is 5.11 Å². The van der Waals surface area contributed by atoms with Crippen molar-refractivity contribution in [3.63, 3.8) is 0 Å². The van der Waals surface area contributed by atoms with Crippen molar-refractivity contribution in [1.82, 2.24) is 4.90 Å². The fraction of sp³-hybridized carbons (Fsp3) is 0.647. The summed E-state index contributed by atoms with van der Waals surface area (Å²) in [7, 11) is 0. The molecular formula is C17H29NO. The van der Waals surface area contributed by atoms with Gasteiger partial charge in [0.1, 0.15) is 0 Å². The highest BCUT2D eigenvalue weighted by molar-refractivity contribution is 5.19. The van der Waals surface area contributed by atoms with E-state index in [0.29, 0.717) is 5.92 Å². The standard InChI is InChI=1S/C17H29NO/c1-6-18(12-14(2)3)13-17(4,5)16(19)15-10-8-7-9-11-15/h7-11,14,16,19H,6,12-13H2,1-5H3. The fourth-order valence-corrected chi connectivity index (χ4v) is 2.57. The van der Waals surface area contributed by atoms with Gasteiger partial charge in [-0.05, 0) is 18.0 Å². The van der Waals surface area contributed by atoms with Crippen LogP contribution in [-0.2, 0) is 0 Å². The number of aliphatic hydroxyl groups is 1. The van der Waals surface area contributed by atoms with Crippen LogP contribution >= 0.6 is 0 Å². The summed E-state index contributed by atoms with van der Waals surface area (Å²) in [5, 5.41) is 10.6. The van der Waals surface area contributed by atoms with Crippen molar-refractivity contribution in [2.45, 2.75) is 40.7 Å². The normalized spacial score (nSPS) is 14.1. The van der Waals surface area contributed by atoms with Gasteiger partial charge in [0.15, 0.2) is 0 Å². The van der Waals surface area contributed by atoms with Gasteiger partial charge in [-0.2, -0.15) is 0 Å². The first-order chi connectivity index (χ1) is 8.86. The third-order valence-electron chi connectivity index (χ3n) is 3.56. The fourth-order valence-electron chi connectivity index (χ4n) is 2.57. The van der Waals surface area contributed by atoms with E-state index in [0.717, 1.165) is 25.2 Å². The zero-order valence-electron chi connectivity index (χ0n) is 13.1.